The Kier molecular flexibility index (Phi) is 6.08. The Bertz CT molecular complexity index is 596. The Balaban J connectivity index is 1.47. The van der Waals surface area contributed by atoms with E-state index in [-0.39, 0.29) is 23.8 Å². The van der Waals surface area contributed by atoms with Crippen molar-refractivity contribution in [2.75, 3.05) is 20.3 Å². The third-order valence-corrected chi connectivity index (χ3v) is 5.26. The zero-order chi connectivity index (χ0) is 17.6. The van der Waals surface area contributed by atoms with Gasteiger partial charge in [0.15, 0.2) is 5.78 Å². The van der Waals surface area contributed by atoms with Gasteiger partial charge in [0.05, 0.1) is 25.9 Å². The first-order valence-corrected chi connectivity index (χ1v) is 9.27. The number of Topliss-reactive ketones (excluding diaryl/α,β-unsaturated/α-hetero) is 1. The molecule has 25 heavy (non-hydrogen) atoms. The summed E-state index contributed by atoms with van der Waals surface area (Å²) >= 11 is 0. The van der Waals surface area contributed by atoms with Gasteiger partial charge in [0.1, 0.15) is 5.75 Å². The summed E-state index contributed by atoms with van der Waals surface area (Å²) in [6.45, 7) is 1.32. The molecule has 1 aliphatic carbocycles. The van der Waals surface area contributed by atoms with E-state index in [4.69, 9.17) is 9.47 Å². The van der Waals surface area contributed by atoms with Gasteiger partial charge in [-0.3, -0.25) is 9.59 Å². The van der Waals surface area contributed by atoms with Crippen LogP contribution in [0.1, 0.15) is 55.3 Å². The monoisotopic (exact) mass is 345 g/mol. The molecular formula is C20H27NO4. The summed E-state index contributed by atoms with van der Waals surface area (Å²) in [7, 11) is 1.60. The van der Waals surface area contributed by atoms with Crippen LogP contribution in [0.15, 0.2) is 24.3 Å². The van der Waals surface area contributed by atoms with Crippen molar-refractivity contribution in [1.29, 1.82) is 0 Å². The fourth-order valence-corrected chi connectivity index (χ4v) is 3.87. The number of rotatable bonds is 6. The molecule has 1 aromatic carbocycles. The van der Waals surface area contributed by atoms with Crippen molar-refractivity contribution < 1.29 is 19.1 Å². The van der Waals surface area contributed by atoms with E-state index in [1.54, 1.807) is 31.4 Å². The number of hydrogen-bond acceptors (Lipinski definition) is 4. The molecule has 1 heterocycles. The molecule has 5 nitrogen and oxygen atoms in total. The number of ketones is 1. The normalized spacial score (nSPS) is 23.0. The average Bonchev–Trinajstić information content (AvgIpc) is 2.67. The summed E-state index contributed by atoms with van der Waals surface area (Å²) in [6, 6.07) is 7.37. The standard InChI is InChI=1S/C20H27NO4/c1-24-16-11-9-15(10-12-16)18(22)6-4-8-20(23)21-13-14-25-19-7-3-2-5-17(19)21/h9-12,17,19H,2-8,13-14H2,1H3. The van der Waals surface area contributed by atoms with E-state index in [2.05, 4.69) is 0 Å². The number of hydrogen-bond donors (Lipinski definition) is 0. The van der Waals surface area contributed by atoms with Gasteiger partial charge >= 0.3 is 0 Å². The van der Waals surface area contributed by atoms with Crippen LogP contribution < -0.4 is 4.74 Å². The molecule has 1 aromatic rings. The van der Waals surface area contributed by atoms with Crippen LogP contribution in [-0.4, -0.2) is 49.0 Å². The Morgan fingerprint density at radius 1 is 1.16 bits per heavy atom. The maximum absolute atomic E-state index is 12.6. The lowest BCUT2D eigenvalue weighted by Crippen LogP contribution is -2.54. The predicted molar refractivity (Wildman–Crippen MR) is 94.9 cm³/mol. The molecule has 3 rings (SSSR count). The third-order valence-electron chi connectivity index (χ3n) is 5.26. The van der Waals surface area contributed by atoms with Crippen LogP contribution in [0.2, 0.25) is 0 Å². The van der Waals surface area contributed by atoms with Crippen LogP contribution in [0.5, 0.6) is 5.75 Å². The quantitative estimate of drug-likeness (QED) is 0.743. The molecule has 1 aliphatic heterocycles. The molecular weight excluding hydrogens is 318 g/mol. The van der Waals surface area contributed by atoms with Gasteiger partial charge in [0.2, 0.25) is 5.91 Å². The molecule has 0 spiro atoms. The van der Waals surface area contributed by atoms with E-state index >= 15 is 0 Å². The minimum absolute atomic E-state index is 0.0768. The zero-order valence-electron chi connectivity index (χ0n) is 14.9. The van der Waals surface area contributed by atoms with Crippen LogP contribution in [0.3, 0.4) is 0 Å². The lowest BCUT2D eigenvalue weighted by Gasteiger charge is -2.43. The van der Waals surface area contributed by atoms with E-state index in [1.165, 1.54) is 12.8 Å². The fourth-order valence-electron chi connectivity index (χ4n) is 3.87. The zero-order valence-corrected chi connectivity index (χ0v) is 14.9. The molecule has 1 amide bonds. The number of carbonyl (C=O) groups excluding carboxylic acids is 2. The second-order valence-corrected chi connectivity index (χ2v) is 6.85. The predicted octanol–water partition coefficient (Wildman–Crippen LogP) is 3.22. The van der Waals surface area contributed by atoms with Crippen molar-refractivity contribution in [1.82, 2.24) is 4.90 Å². The molecule has 1 saturated heterocycles. The first-order chi connectivity index (χ1) is 12.2. The summed E-state index contributed by atoms with van der Waals surface area (Å²) in [5.41, 5.74) is 0.673. The number of ether oxygens (including phenoxy) is 2. The van der Waals surface area contributed by atoms with Gasteiger partial charge in [-0.1, -0.05) is 12.8 Å². The lowest BCUT2D eigenvalue weighted by atomic mass is 9.90. The van der Waals surface area contributed by atoms with E-state index in [0.717, 1.165) is 18.6 Å². The molecule has 2 atom stereocenters. The summed E-state index contributed by atoms with van der Waals surface area (Å²) in [4.78, 5) is 26.8. The van der Waals surface area contributed by atoms with Crippen LogP contribution in [0, 0.1) is 0 Å². The van der Waals surface area contributed by atoms with Crippen molar-refractivity contribution in [2.45, 2.75) is 57.1 Å². The minimum Gasteiger partial charge on any atom is -0.497 e. The van der Waals surface area contributed by atoms with Gasteiger partial charge in [-0.05, 0) is 43.5 Å². The maximum atomic E-state index is 12.6. The Morgan fingerprint density at radius 2 is 1.92 bits per heavy atom. The molecule has 0 aromatic heterocycles. The van der Waals surface area contributed by atoms with Crippen molar-refractivity contribution in [3.8, 4) is 5.75 Å². The number of benzene rings is 1. The van der Waals surface area contributed by atoms with Crippen molar-refractivity contribution >= 4 is 11.7 Å². The van der Waals surface area contributed by atoms with Crippen LogP contribution >= 0.6 is 0 Å². The Labute approximate surface area is 149 Å². The van der Waals surface area contributed by atoms with Gasteiger partial charge in [-0.2, -0.15) is 0 Å². The first-order valence-electron chi connectivity index (χ1n) is 9.27. The highest BCUT2D eigenvalue weighted by atomic mass is 16.5. The Morgan fingerprint density at radius 3 is 2.68 bits per heavy atom. The van der Waals surface area contributed by atoms with Crippen molar-refractivity contribution in [3.05, 3.63) is 29.8 Å². The third kappa shape index (κ3) is 4.40. The molecule has 2 aliphatic rings. The van der Waals surface area contributed by atoms with E-state index < -0.39 is 0 Å². The molecule has 0 N–H and O–H groups in total. The second-order valence-electron chi connectivity index (χ2n) is 6.85. The number of fused-ring (bicyclic) bond motifs is 1. The summed E-state index contributed by atoms with van der Waals surface area (Å²) in [5, 5.41) is 0. The van der Waals surface area contributed by atoms with Gasteiger partial charge in [0.25, 0.3) is 0 Å². The van der Waals surface area contributed by atoms with Crippen LogP contribution in [-0.2, 0) is 9.53 Å². The Hall–Kier alpha value is -1.88. The first kappa shape index (κ1) is 17.9. The second kappa shape index (κ2) is 8.48. The smallest absolute Gasteiger partial charge is 0.222 e. The van der Waals surface area contributed by atoms with Gasteiger partial charge < -0.3 is 14.4 Å². The molecule has 1 saturated carbocycles. The maximum Gasteiger partial charge on any atom is 0.222 e. The van der Waals surface area contributed by atoms with E-state index in [1.807, 2.05) is 4.90 Å². The van der Waals surface area contributed by atoms with Crippen molar-refractivity contribution in [3.63, 3.8) is 0 Å². The number of methoxy groups -OCH3 is 1. The molecule has 2 unspecified atom stereocenters. The largest absolute Gasteiger partial charge is 0.497 e. The average molecular weight is 345 g/mol. The fraction of sp³-hybridized carbons (Fsp3) is 0.600. The topological polar surface area (TPSA) is 55.8 Å². The highest BCUT2D eigenvalue weighted by Crippen LogP contribution is 2.29. The lowest BCUT2D eigenvalue weighted by molar-refractivity contribution is -0.149. The highest BCUT2D eigenvalue weighted by Gasteiger charge is 2.36. The summed E-state index contributed by atoms with van der Waals surface area (Å²) in [5.74, 6) is 0.983. The van der Waals surface area contributed by atoms with Gasteiger partial charge in [0, 0.05) is 24.9 Å². The molecule has 2 fully saturated rings. The molecule has 136 valence electrons. The van der Waals surface area contributed by atoms with Crippen LogP contribution in [0.25, 0.3) is 0 Å². The molecule has 0 radical (unpaired) electrons. The van der Waals surface area contributed by atoms with E-state index in [0.29, 0.717) is 38.0 Å². The summed E-state index contributed by atoms with van der Waals surface area (Å²) in [6.07, 6.45) is 6.11. The van der Waals surface area contributed by atoms with Gasteiger partial charge in [-0.25, -0.2) is 0 Å². The number of nitrogens with zero attached hydrogens (tertiary/aromatic N) is 1. The van der Waals surface area contributed by atoms with E-state index in [9.17, 15) is 9.59 Å². The van der Waals surface area contributed by atoms with Gasteiger partial charge in [-0.15, -0.1) is 0 Å². The summed E-state index contributed by atoms with van der Waals surface area (Å²) < 4.78 is 10.9. The molecule has 0 bridgehead atoms. The number of morpholine rings is 1. The molecule has 5 heteroatoms. The number of carbonyl (C=O) groups is 2. The SMILES string of the molecule is COc1ccc(C(=O)CCCC(=O)N2CCOC3CCCCC32)cc1. The highest BCUT2D eigenvalue weighted by molar-refractivity contribution is 5.96. The minimum atomic E-state index is 0.0768. The number of amides is 1. The van der Waals surface area contributed by atoms with Crippen LogP contribution in [0.4, 0.5) is 0 Å². The van der Waals surface area contributed by atoms with Crippen molar-refractivity contribution in [2.24, 2.45) is 0 Å².